The van der Waals surface area contributed by atoms with Gasteiger partial charge < -0.3 is 4.74 Å². The van der Waals surface area contributed by atoms with Crippen LogP contribution in [0.3, 0.4) is 0 Å². The molecular formula is C20H23F4NO2. The second-order valence-corrected chi connectivity index (χ2v) is 8.12. The van der Waals surface area contributed by atoms with Gasteiger partial charge in [-0.25, -0.2) is 9.18 Å². The van der Waals surface area contributed by atoms with Gasteiger partial charge in [0.25, 0.3) is 0 Å². The molecule has 0 saturated carbocycles. The predicted molar refractivity (Wildman–Crippen MR) is 93.5 cm³/mol. The number of amides is 1. The maximum absolute atomic E-state index is 13.4. The van der Waals surface area contributed by atoms with Crippen LogP contribution in [0.5, 0.6) is 0 Å². The average molecular weight is 385 g/mol. The van der Waals surface area contributed by atoms with Crippen molar-refractivity contribution in [2.45, 2.75) is 70.3 Å². The van der Waals surface area contributed by atoms with Crippen molar-refractivity contribution in [2.75, 3.05) is 0 Å². The van der Waals surface area contributed by atoms with E-state index in [4.69, 9.17) is 4.74 Å². The third kappa shape index (κ3) is 4.28. The Bertz CT molecular complexity index is 764. The minimum atomic E-state index is -4.64. The Morgan fingerprint density at radius 3 is 2.48 bits per heavy atom. The molecule has 7 heteroatoms. The highest BCUT2D eigenvalue weighted by Gasteiger charge is 2.41. The van der Waals surface area contributed by atoms with Crippen LogP contribution in [-0.4, -0.2) is 28.7 Å². The summed E-state index contributed by atoms with van der Waals surface area (Å²) in [7, 11) is 0. The molecule has 0 aromatic heterocycles. The smallest absolute Gasteiger partial charge is 0.417 e. The molecule has 2 heterocycles. The molecule has 1 aromatic carbocycles. The fourth-order valence-electron chi connectivity index (χ4n) is 3.86. The molecule has 3 rings (SSSR count). The predicted octanol–water partition coefficient (Wildman–Crippen LogP) is 5.79. The number of halogens is 4. The lowest BCUT2D eigenvalue weighted by Gasteiger charge is -2.45. The number of alkyl halides is 3. The lowest BCUT2D eigenvalue weighted by Crippen LogP contribution is -2.53. The third-order valence-corrected chi connectivity index (χ3v) is 4.87. The summed E-state index contributed by atoms with van der Waals surface area (Å²) < 4.78 is 59.0. The molecule has 0 spiro atoms. The van der Waals surface area contributed by atoms with Gasteiger partial charge in [0.1, 0.15) is 11.4 Å². The van der Waals surface area contributed by atoms with Crippen LogP contribution in [0.4, 0.5) is 22.4 Å². The van der Waals surface area contributed by atoms with Gasteiger partial charge in [0.15, 0.2) is 0 Å². The first kappa shape index (κ1) is 19.7. The number of hydrogen-bond acceptors (Lipinski definition) is 2. The summed E-state index contributed by atoms with van der Waals surface area (Å²) in [5.41, 5.74) is -1.12. The van der Waals surface area contributed by atoms with E-state index < -0.39 is 29.3 Å². The lowest BCUT2D eigenvalue weighted by molar-refractivity contribution is -0.138. The molecule has 3 nitrogen and oxygen atoms in total. The zero-order valence-electron chi connectivity index (χ0n) is 15.6. The fourth-order valence-corrected chi connectivity index (χ4v) is 3.86. The first-order valence-corrected chi connectivity index (χ1v) is 9.05. The first-order valence-electron chi connectivity index (χ1n) is 9.05. The number of hydrogen-bond donors (Lipinski definition) is 0. The van der Waals surface area contributed by atoms with E-state index in [0.717, 1.165) is 12.5 Å². The lowest BCUT2D eigenvalue weighted by atomic mass is 9.82. The van der Waals surface area contributed by atoms with Crippen molar-refractivity contribution >= 4 is 11.7 Å². The quantitative estimate of drug-likeness (QED) is 0.573. The van der Waals surface area contributed by atoms with Crippen molar-refractivity contribution in [1.29, 1.82) is 0 Å². The Hall–Kier alpha value is -2.05. The highest BCUT2D eigenvalue weighted by molar-refractivity contribution is 5.76. The number of carbonyl (C=O) groups excluding carboxylic acids is 1. The second kappa shape index (κ2) is 6.84. The second-order valence-electron chi connectivity index (χ2n) is 8.12. The van der Waals surface area contributed by atoms with E-state index in [1.54, 1.807) is 31.7 Å². The molecule has 1 saturated heterocycles. The van der Waals surface area contributed by atoms with E-state index >= 15 is 0 Å². The number of piperidine rings is 1. The Kier molecular flexibility index (Phi) is 4.99. The molecule has 1 fully saturated rings. The molecule has 2 aliphatic rings. The average Bonchev–Trinajstić information content (AvgIpc) is 2.51. The number of benzene rings is 1. The summed E-state index contributed by atoms with van der Waals surface area (Å²) in [4.78, 5) is 14.2. The molecular weight excluding hydrogens is 362 g/mol. The van der Waals surface area contributed by atoms with Crippen molar-refractivity contribution in [3.8, 4) is 0 Å². The van der Waals surface area contributed by atoms with Gasteiger partial charge >= 0.3 is 12.3 Å². The van der Waals surface area contributed by atoms with Crippen molar-refractivity contribution in [3.05, 3.63) is 41.2 Å². The van der Waals surface area contributed by atoms with Crippen LogP contribution in [-0.2, 0) is 10.9 Å². The van der Waals surface area contributed by atoms with Gasteiger partial charge in [0, 0.05) is 6.04 Å². The Morgan fingerprint density at radius 1 is 1.19 bits per heavy atom. The van der Waals surface area contributed by atoms with Crippen molar-refractivity contribution in [3.63, 3.8) is 0 Å². The van der Waals surface area contributed by atoms with Gasteiger partial charge in [-0.3, -0.25) is 4.90 Å². The van der Waals surface area contributed by atoms with Gasteiger partial charge in [0.2, 0.25) is 0 Å². The molecule has 1 amide bonds. The normalized spacial score (nSPS) is 23.1. The summed E-state index contributed by atoms with van der Waals surface area (Å²) in [5.74, 6) is -0.918. The van der Waals surface area contributed by atoms with Crippen LogP contribution in [0.25, 0.3) is 5.57 Å². The maximum atomic E-state index is 13.4. The SMILES string of the molecule is CC(C)(C)OC(=O)N1C2C=C(c3ccc(F)cc3C(F)(F)F)CC1CCC2. The van der Waals surface area contributed by atoms with Crippen molar-refractivity contribution < 1.29 is 27.1 Å². The fraction of sp³-hybridized carbons (Fsp3) is 0.550. The summed E-state index contributed by atoms with van der Waals surface area (Å²) in [6.07, 6.45) is -0.809. The van der Waals surface area contributed by atoms with Crippen LogP contribution in [0.1, 0.15) is 57.6 Å². The van der Waals surface area contributed by atoms with E-state index in [0.29, 0.717) is 30.9 Å². The Balaban J connectivity index is 1.96. The number of carbonyl (C=O) groups is 1. The molecule has 27 heavy (non-hydrogen) atoms. The van der Waals surface area contributed by atoms with E-state index in [2.05, 4.69) is 0 Å². The van der Waals surface area contributed by atoms with Gasteiger partial charge in [-0.05, 0) is 69.7 Å². The maximum Gasteiger partial charge on any atom is 0.417 e. The molecule has 2 bridgehead atoms. The number of fused-ring (bicyclic) bond motifs is 2. The highest BCUT2D eigenvalue weighted by atomic mass is 19.4. The van der Waals surface area contributed by atoms with E-state index in [-0.39, 0.29) is 17.6 Å². The molecule has 148 valence electrons. The minimum absolute atomic E-state index is 0.00959. The van der Waals surface area contributed by atoms with Crippen LogP contribution >= 0.6 is 0 Å². The van der Waals surface area contributed by atoms with Gasteiger partial charge in [-0.2, -0.15) is 13.2 Å². The van der Waals surface area contributed by atoms with Gasteiger partial charge in [0.05, 0.1) is 11.6 Å². The molecule has 0 radical (unpaired) electrons. The van der Waals surface area contributed by atoms with Crippen molar-refractivity contribution in [2.24, 2.45) is 0 Å². The van der Waals surface area contributed by atoms with Crippen molar-refractivity contribution in [1.82, 2.24) is 4.90 Å². The van der Waals surface area contributed by atoms with E-state index in [1.165, 1.54) is 6.07 Å². The summed E-state index contributed by atoms with van der Waals surface area (Å²) in [5, 5.41) is 0. The minimum Gasteiger partial charge on any atom is -0.444 e. The summed E-state index contributed by atoms with van der Waals surface area (Å²) in [6.45, 7) is 5.33. The van der Waals surface area contributed by atoms with Crippen LogP contribution in [0.2, 0.25) is 0 Å². The zero-order chi connectivity index (χ0) is 20.0. The molecule has 1 aromatic rings. The first-order chi connectivity index (χ1) is 12.5. The Morgan fingerprint density at radius 2 is 1.89 bits per heavy atom. The summed E-state index contributed by atoms with van der Waals surface area (Å²) >= 11 is 0. The number of rotatable bonds is 1. The van der Waals surface area contributed by atoms with Crippen LogP contribution in [0.15, 0.2) is 24.3 Å². The van der Waals surface area contributed by atoms with Crippen LogP contribution < -0.4 is 0 Å². The molecule has 2 unspecified atom stereocenters. The summed E-state index contributed by atoms with van der Waals surface area (Å²) in [6, 6.07) is 2.23. The standard InChI is InChI=1S/C20H23F4NO2/c1-19(2,3)27-18(26)25-14-5-4-6-15(25)10-12(9-14)16-8-7-13(21)11-17(16)20(22,23)24/h7-9,11,14-15H,4-6,10H2,1-3H3. The molecule has 2 aliphatic heterocycles. The largest absolute Gasteiger partial charge is 0.444 e. The topological polar surface area (TPSA) is 29.5 Å². The Labute approximate surface area is 156 Å². The molecule has 0 N–H and O–H groups in total. The third-order valence-electron chi connectivity index (χ3n) is 4.87. The van der Waals surface area contributed by atoms with Gasteiger partial charge in [-0.15, -0.1) is 0 Å². The van der Waals surface area contributed by atoms with E-state index in [9.17, 15) is 22.4 Å². The number of ether oxygens (including phenoxy) is 1. The van der Waals surface area contributed by atoms with Gasteiger partial charge in [-0.1, -0.05) is 12.1 Å². The highest BCUT2D eigenvalue weighted by Crippen LogP contribution is 2.42. The monoisotopic (exact) mass is 385 g/mol. The van der Waals surface area contributed by atoms with Crippen LogP contribution in [0, 0.1) is 5.82 Å². The molecule has 2 atom stereocenters. The van der Waals surface area contributed by atoms with E-state index in [1.807, 2.05) is 0 Å². The molecule has 0 aliphatic carbocycles. The zero-order valence-corrected chi connectivity index (χ0v) is 15.6. The number of nitrogens with zero attached hydrogens (tertiary/aromatic N) is 1.